The third kappa shape index (κ3) is 55.0. The summed E-state index contributed by atoms with van der Waals surface area (Å²) in [5, 5.41) is 38.2. The predicted octanol–water partition coefficient (Wildman–Crippen LogP) is 16.5. The maximum Gasteiger partial charge on any atom is 0.335 e. The summed E-state index contributed by atoms with van der Waals surface area (Å²) in [4.78, 5) is 149. The number of carboxylic acid groups (broad SMARTS) is 1. The van der Waals surface area contributed by atoms with Crippen molar-refractivity contribution in [2.75, 3.05) is 142 Å². The molecule has 0 radical (unpaired) electrons. The first-order valence-corrected chi connectivity index (χ1v) is 59.8. The second-order valence-electron chi connectivity index (χ2n) is 42.3. The fourth-order valence-corrected chi connectivity index (χ4v) is 25.8. The molecule has 0 aliphatic carbocycles. The Hall–Kier alpha value is -6.88. The molecule has 8 fully saturated rings. The number of carbonyl (C=O) groups is 12. The molecule has 832 valence electrons. The highest BCUT2D eigenvalue weighted by molar-refractivity contribution is 8.01. The maximum atomic E-state index is 12.9. The van der Waals surface area contributed by atoms with Crippen molar-refractivity contribution >= 4 is 118 Å². The molecular formula is C110H182N12O21S4. The van der Waals surface area contributed by atoms with E-state index in [-0.39, 0.29) is 110 Å². The zero-order valence-corrected chi connectivity index (χ0v) is 92.7. The molecule has 33 nitrogen and oxygen atoms in total. The lowest BCUT2D eigenvalue weighted by atomic mass is 10.0. The van der Waals surface area contributed by atoms with Crippen LogP contribution in [0.3, 0.4) is 0 Å². The molecule has 0 bridgehead atoms. The number of nitrogens with two attached hydrogens (primary N) is 1. The number of nitrogens with one attached hydrogen (secondary N) is 9. The minimum atomic E-state index is -0.904. The normalized spacial score (nSPS) is 20.9. The summed E-state index contributed by atoms with van der Waals surface area (Å²) >= 11 is 7.73. The van der Waals surface area contributed by atoms with Crippen molar-refractivity contribution in [1.29, 1.82) is 0 Å². The average molecular weight is 2140 g/mol. The molecule has 8 aliphatic rings. The molecule has 12 N–H and O–H groups in total. The lowest BCUT2D eigenvalue weighted by molar-refractivity contribution is -0.157. The molecule has 37 heteroatoms. The zero-order valence-electron chi connectivity index (χ0n) is 89.4. The topological polar surface area (TPSA) is 440 Å². The first-order chi connectivity index (χ1) is 71.0. The number of thioether (sulfide) groups is 4. The maximum absolute atomic E-state index is 12.9. The number of fused-ring (bicyclic) bond motifs is 4. The second-order valence-corrected chi connectivity index (χ2v) is 47.4. The van der Waals surface area contributed by atoms with Gasteiger partial charge in [-0.15, -0.1) is 0 Å². The summed E-state index contributed by atoms with van der Waals surface area (Å²) in [5.41, 5.74) is 7.55. The molecule has 2 aromatic rings. The molecule has 0 aromatic heterocycles. The first kappa shape index (κ1) is 125. The second kappa shape index (κ2) is 73.4. The number of nitrogens with zero attached hydrogens (tertiary/aromatic N) is 2. The fraction of sp³-hybridized carbons (Fsp3) is 0.782. The van der Waals surface area contributed by atoms with Crippen LogP contribution in [-0.4, -0.2) is 308 Å². The van der Waals surface area contributed by atoms with Gasteiger partial charge < -0.3 is 96.6 Å². The number of hydrogen-bond acceptors (Lipinski definition) is 27. The number of ketones is 4. The fourth-order valence-electron chi connectivity index (χ4n) is 19.7. The lowest BCUT2D eigenvalue weighted by Gasteiger charge is -2.23. The van der Waals surface area contributed by atoms with E-state index in [4.69, 9.17) is 43.6 Å². The van der Waals surface area contributed by atoms with Gasteiger partial charge in [-0.3, -0.25) is 43.4 Å². The van der Waals surface area contributed by atoms with Crippen LogP contribution in [0.25, 0.3) is 0 Å². The van der Waals surface area contributed by atoms with Gasteiger partial charge in [-0.2, -0.15) is 47.0 Å². The molecule has 2 aromatic carbocycles. The Balaban J connectivity index is 0.000000312. The highest BCUT2D eigenvalue weighted by atomic mass is 32.2. The monoisotopic (exact) mass is 2140 g/mol. The number of rotatable bonds is 81. The van der Waals surface area contributed by atoms with Crippen LogP contribution in [0.5, 0.6) is 0 Å². The molecule has 12 unspecified atom stereocenters. The molecule has 10 rings (SSSR count). The van der Waals surface area contributed by atoms with Gasteiger partial charge in [-0.25, -0.2) is 24.0 Å². The first-order valence-electron chi connectivity index (χ1n) is 55.6. The van der Waals surface area contributed by atoms with E-state index in [1.807, 2.05) is 113 Å². The van der Waals surface area contributed by atoms with E-state index >= 15 is 0 Å². The van der Waals surface area contributed by atoms with Crippen molar-refractivity contribution in [3.63, 3.8) is 0 Å². The van der Waals surface area contributed by atoms with Crippen LogP contribution in [0.15, 0.2) is 48.5 Å². The Labute approximate surface area is 893 Å². The van der Waals surface area contributed by atoms with Gasteiger partial charge >= 0.3 is 42.0 Å². The number of hydrogen-bond donors (Lipinski definition) is 11. The van der Waals surface area contributed by atoms with E-state index in [9.17, 15) is 62.6 Å². The summed E-state index contributed by atoms with van der Waals surface area (Å²) in [7, 11) is 0. The Kier molecular flexibility index (Phi) is 62.6. The van der Waals surface area contributed by atoms with Crippen molar-refractivity contribution < 1.29 is 101 Å². The smallest absolute Gasteiger partial charge is 0.335 e. The number of amides is 9. The van der Waals surface area contributed by atoms with Crippen LogP contribution in [0.4, 0.5) is 19.2 Å². The Bertz CT molecular complexity index is 3990. The number of Topliss-reactive ketones (excluding diaryl/α,β-unsaturated/α-hetero) is 4. The number of benzene rings is 2. The highest BCUT2D eigenvalue weighted by Crippen LogP contribution is 2.38. The zero-order chi connectivity index (χ0) is 105. The largest absolute Gasteiger partial charge is 0.478 e. The van der Waals surface area contributed by atoms with Crippen LogP contribution in [0.2, 0.25) is 0 Å². The Morgan fingerprint density at radius 3 is 0.857 bits per heavy atom. The van der Waals surface area contributed by atoms with Crippen molar-refractivity contribution in [1.82, 2.24) is 57.7 Å². The van der Waals surface area contributed by atoms with Crippen LogP contribution in [-0.2, 0) is 79.8 Å². The molecular weight excluding hydrogens is 1950 g/mol. The van der Waals surface area contributed by atoms with Crippen LogP contribution >= 0.6 is 47.0 Å². The van der Waals surface area contributed by atoms with E-state index in [0.29, 0.717) is 192 Å². The van der Waals surface area contributed by atoms with Gasteiger partial charge in [0.05, 0.1) is 146 Å². The van der Waals surface area contributed by atoms with E-state index in [1.54, 1.807) is 12.1 Å². The number of aromatic carboxylic acids is 1. The Morgan fingerprint density at radius 1 is 0.327 bits per heavy atom. The number of esters is 2. The van der Waals surface area contributed by atoms with Crippen LogP contribution in [0, 0.1) is 0 Å². The Morgan fingerprint density at radius 2 is 0.578 bits per heavy atom. The number of urea groups is 4. The van der Waals surface area contributed by atoms with Gasteiger partial charge in [-0.1, -0.05) is 127 Å². The van der Waals surface area contributed by atoms with Crippen molar-refractivity contribution in [2.24, 2.45) is 5.73 Å². The summed E-state index contributed by atoms with van der Waals surface area (Å²) in [5.74, 6) is 3.82. The van der Waals surface area contributed by atoms with E-state index in [1.165, 1.54) is 5.56 Å². The van der Waals surface area contributed by atoms with Crippen molar-refractivity contribution in [3.8, 4) is 0 Å². The number of ether oxygens (including phenoxy) is 8. The summed E-state index contributed by atoms with van der Waals surface area (Å²) in [6.45, 7) is 22.7. The average Bonchev–Trinajstić information content (AvgIpc) is 1.68. The van der Waals surface area contributed by atoms with Gasteiger partial charge in [-0.05, 0) is 206 Å². The van der Waals surface area contributed by atoms with Gasteiger partial charge in [0.1, 0.15) is 34.3 Å². The number of carboxylic acids is 1. The van der Waals surface area contributed by atoms with Crippen LogP contribution < -0.4 is 53.6 Å². The predicted molar refractivity (Wildman–Crippen MR) is 584 cm³/mol. The third-order valence-corrected chi connectivity index (χ3v) is 33.5. The van der Waals surface area contributed by atoms with Gasteiger partial charge in [0, 0.05) is 127 Å². The van der Waals surface area contributed by atoms with E-state index in [0.717, 1.165) is 273 Å². The van der Waals surface area contributed by atoms with Crippen molar-refractivity contribution in [3.05, 3.63) is 70.8 Å². The third-order valence-electron chi connectivity index (χ3n) is 27.5. The number of unbranched alkanes of at least 4 members (excludes halogenated alkanes) is 20. The summed E-state index contributed by atoms with van der Waals surface area (Å²) in [6, 6.07) is 16.9. The minimum Gasteiger partial charge on any atom is -0.478 e. The lowest BCUT2D eigenvalue weighted by Crippen LogP contribution is -2.36. The molecule has 0 saturated carbocycles. The van der Waals surface area contributed by atoms with Gasteiger partial charge in [0.15, 0.2) is 0 Å². The SMILES string of the molecule is CC(C)(C)OC(=O)CCOCCOCCOCCN.CC(C)(C)OC(=O)CCOCCOCCOCCNC(=O)c1ccc(CN(CCCCCCCC(=O)CCCCC2SCC3NC(=O)NC32)CCCCCCCC(=O)CCCCC2SCC3NC(=O)NC32)cc1.O=C(CCCCCCCN(CCCCCCCC(=O)CCCCC1SCC2NC(=O)NC21)Cc1ccc(C(=O)O)cc1)CCCCC1SCC2NC(=O)NC21. The minimum absolute atomic E-state index is 0.0433. The molecule has 0 spiro atoms. The summed E-state index contributed by atoms with van der Waals surface area (Å²) < 4.78 is 42.6. The van der Waals surface area contributed by atoms with E-state index in [2.05, 4.69) is 69.8 Å². The standard InChI is InChI=1S/C55H90N6O10S2.C42H65N5O6S2.C13H27NO5/c1-55(2,3)71-49(64)28-32-68-34-36-70-37-35-69-33-29-56-52(65)42-26-24-41(25-27-42)38-61(30-16-8-4-6-10-18-43(62)20-12-14-22-47-50-45(39-72-47)57-53(66)59-50)31-17-9-5-7-11-19-44(63)21-13-15-23-48-51-46(40-73-48)58-54(67)60-51;48-32(17-9-11-19-36-38-34(28-54-36)43-41(52)45-38)15-7-3-1-5-13-25-47(27-30-21-23-31(24-22-30)40(50)51)26-14-6-2-4-8-16-33(49)18-10-12-20-37-39-35(29-55-37)44-42(53)46-39;1-13(2,3)19-12(15)4-6-16-8-10-18-11-9-17-7-5-14/h24-27,45-48,50-51H,4-23,28-40H2,1-3H3,(H,56,65)(H2,57,59,66)(H2,58,60,67);21-24,34-39H,1-20,25-29H2,(H,50,51)(H2,43,45,52)(H2,44,46,53);4-11,14H2,1-3H3. The molecule has 9 amide bonds. The molecule has 147 heavy (non-hydrogen) atoms. The summed E-state index contributed by atoms with van der Waals surface area (Å²) in [6.07, 6.45) is 39.5. The van der Waals surface area contributed by atoms with Gasteiger partial charge in [0.25, 0.3) is 5.91 Å². The number of carbonyl (C=O) groups excluding carboxylic acids is 11. The van der Waals surface area contributed by atoms with Gasteiger partial charge in [0.2, 0.25) is 0 Å². The van der Waals surface area contributed by atoms with E-state index < -0.39 is 17.2 Å². The van der Waals surface area contributed by atoms with Crippen LogP contribution in [0.1, 0.15) is 343 Å². The molecule has 8 aliphatic heterocycles. The molecule has 8 heterocycles. The van der Waals surface area contributed by atoms with Crippen molar-refractivity contribution in [2.45, 2.75) is 405 Å². The quantitative estimate of drug-likeness (QED) is 0.0166. The highest BCUT2D eigenvalue weighted by Gasteiger charge is 2.46. The molecule has 12 atom stereocenters. The molecule has 8 saturated heterocycles.